The maximum Gasteiger partial charge on any atom is 0.258 e. The molecule has 1 aromatic carbocycles. The molecule has 4 aliphatic carbocycles. The smallest absolute Gasteiger partial charge is 0.258 e. The lowest BCUT2D eigenvalue weighted by Crippen LogP contribution is -2.60. The molecule has 6 nitrogen and oxygen atoms in total. The number of amides is 2. The van der Waals surface area contributed by atoms with E-state index in [0.29, 0.717) is 5.75 Å². The van der Waals surface area contributed by atoms with Crippen LogP contribution in [0.4, 0.5) is 0 Å². The van der Waals surface area contributed by atoms with E-state index in [-0.39, 0.29) is 24.5 Å². The van der Waals surface area contributed by atoms with Gasteiger partial charge in [0.1, 0.15) is 5.75 Å². The highest BCUT2D eigenvalue weighted by atomic mass is 16.5. The van der Waals surface area contributed by atoms with Gasteiger partial charge in [-0.25, -0.2) is 5.48 Å². The number of hydrogen-bond acceptors (Lipinski definition) is 4. The topological polar surface area (TPSA) is 87.7 Å². The monoisotopic (exact) mass is 358 g/mol. The third kappa shape index (κ3) is 3.70. The van der Waals surface area contributed by atoms with Crippen molar-refractivity contribution in [3.8, 4) is 5.75 Å². The summed E-state index contributed by atoms with van der Waals surface area (Å²) in [6, 6.07) is 6.97. The van der Waals surface area contributed by atoms with E-state index in [2.05, 4.69) is 5.32 Å². The van der Waals surface area contributed by atoms with Crippen LogP contribution in [0.2, 0.25) is 0 Å². The standard InChI is InChI=1S/C20H26N2O4/c23-18(22-25)8-13-1-3-17(4-2-13)26-12-19(24)21-20-9-14-5-15(10-20)7-16(6-14)11-20/h1-4,14-16,25H,5-12H2,(H,21,24)(H,22,23). The molecule has 0 spiro atoms. The number of ether oxygens (including phenoxy) is 1. The molecule has 2 amide bonds. The lowest BCUT2D eigenvalue weighted by Gasteiger charge is -2.56. The van der Waals surface area contributed by atoms with E-state index in [4.69, 9.17) is 9.94 Å². The van der Waals surface area contributed by atoms with Crippen LogP contribution in [0.15, 0.2) is 24.3 Å². The number of carbonyl (C=O) groups excluding carboxylic acids is 2. The minimum atomic E-state index is -0.464. The van der Waals surface area contributed by atoms with Crippen LogP contribution >= 0.6 is 0 Å². The average molecular weight is 358 g/mol. The summed E-state index contributed by atoms with van der Waals surface area (Å²) in [5, 5.41) is 11.8. The van der Waals surface area contributed by atoms with Crippen LogP contribution in [-0.2, 0) is 16.0 Å². The molecule has 0 atom stereocenters. The van der Waals surface area contributed by atoms with Crippen molar-refractivity contribution in [2.24, 2.45) is 17.8 Å². The number of hydrogen-bond donors (Lipinski definition) is 3. The average Bonchev–Trinajstić information content (AvgIpc) is 2.59. The zero-order valence-electron chi connectivity index (χ0n) is 14.9. The zero-order chi connectivity index (χ0) is 18.1. The van der Waals surface area contributed by atoms with Gasteiger partial charge in [0, 0.05) is 5.54 Å². The van der Waals surface area contributed by atoms with Gasteiger partial charge in [-0.1, -0.05) is 12.1 Å². The van der Waals surface area contributed by atoms with Crippen molar-refractivity contribution in [3.63, 3.8) is 0 Å². The van der Waals surface area contributed by atoms with Gasteiger partial charge in [-0.15, -0.1) is 0 Å². The van der Waals surface area contributed by atoms with Crippen molar-refractivity contribution < 1.29 is 19.5 Å². The lowest BCUT2D eigenvalue weighted by molar-refractivity contribution is -0.129. The highest BCUT2D eigenvalue weighted by Gasteiger charge is 2.51. The van der Waals surface area contributed by atoms with Gasteiger partial charge in [0.15, 0.2) is 6.61 Å². The van der Waals surface area contributed by atoms with Gasteiger partial charge in [-0.05, 0) is 74.0 Å². The lowest BCUT2D eigenvalue weighted by atomic mass is 9.53. The highest BCUT2D eigenvalue weighted by Crippen LogP contribution is 2.55. The third-order valence-electron chi connectivity index (χ3n) is 6.23. The Bertz CT molecular complexity index is 650. The Morgan fingerprint density at radius 3 is 2.12 bits per heavy atom. The maximum absolute atomic E-state index is 12.4. The number of carbonyl (C=O) groups is 2. The number of rotatable bonds is 6. The van der Waals surface area contributed by atoms with Gasteiger partial charge in [-0.2, -0.15) is 0 Å². The number of benzene rings is 1. The van der Waals surface area contributed by atoms with E-state index in [9.17, 15) is 9.59 Å². The predicted molar refractivity (Wildman–Crippen MR) is 94.6 cm³/mol. The fourth-order valence-electron chi connectivity index (χ4n) is 5.67. The molecular weight excluding hydrogens is 332 g/mol. The maximum atomic E-state index is 12.4. The van der Waals surface area contributed by atoms with Crippen molar-refractivity contribution in [2.45, 2.75) is 50.5 Å². The molecule has 0 unspecified atom stereocenters. The third-order valence-corrected chi connectivity index (χ3v) is 6.23. The molecule has 26 heavy (non-hydrogen) atoms. The fourth-order valence-corrected chi connectivity index (χ4v) is 5.67. The van der Waals surface area contributed by atoms with E-state index >= 15 is 0 Å². The molecule has 4 bridgehead atoms. The minimum Gasteiger partial charge on any atom is -0.484 e. The molecule has 0 radical (unpaired) electrons. The summed E-state index contributed by atoms with van der Waals surface area (Å²) in [6.07, 6.45) is 7.55. The molecule has 4 saturated carbocycles. The second kappa shape index (κ2) is 6.91. The van der Waals surface area contributed by atoms with Crippen LogP contribution in [0.3, 0.4) is 0 Å². The molecule has 4 fully saturated rings. The first kappa shape index (κ1) is 17.3. The molecule has 5 rings (SSSR count). The molecule has 3 N–H and O–H groups in total. The van der Waals surface area contributed by atoms with E-state index in [1.54, 1.807) is 29.7 Å². The summed E-state index contributed by atoms with van der Waals surface area (Å²) < 4.78 is 5.61. The molecule has 140 valence electrons. The summed E-state index contributed by atoms with van der Waals surface area (Å²) in [5.74, 6) is 2.48. The Balaban J connectivity index is 1.28. The summed E-state index contributed by atoms with van der Waals surface area (Å²) in [5.41, 5.74) is 2.38. The first-order valence-electron chi connectivity index (χ1n) is 9.49. The van der Waals surface area contributed by atoms with Crippen LogP contribution < -0.4 is 15.5 Å². The Morgan fingerprint density at radius 2 is 1.58 bits per heavy atom. The molecular formula is C20H26N2O4. The summed E-state index contributed by atoms with van der Waals surface area (Å²) in [4.78, 5) is 23.6. The molecule has 0 heterocycles. The van der Waals surface area contributed by atoms with Crippen molar-refractivity contribution in [2.75, 3.05) is 6.61 Å². The second-order valence-electron chi connectivity index (χ2n) is 8.39. The van der Waals surface area contributed by atoms with Gasteiger partial charge < -0.3 is 10.1 Å². The molecule has 0 aliphatic heterocycles. The first-order valence-corrected chi connectivity index (χ1v) is 9.49. The SMILES string of the molecule is O=C(Cc1ccc(OCC(=O)NC23CC4CC(CC(C4)C2)C3)cc1)NO. The largest absolute Gasteiger partial charge is 0.484 e. The van der Waals surface area contributed by atoms with E-state index in [1.165, 1.54) is 19.3 Å². The van der Waals surface area contributed by atoms with Crippen LogP contribution in [0.5, 0.6) is 5.75 Å². The van der Waals surface area contributed by atoms with E-state index in [0.717, 1.165) is 42.6 Å². The summed E-state index contributed by atoms with van der Waals surface area (Å²) in [7, 11) is 0. The van der Waals surface area contributed by atoms with Crippen molar-refractivity contribution in [1.82, 2.24) is 10.8 Å². The quantitative estimate of drug-likeness (QED) is 0.537. The highest BCUT2D eigenvalue weighted by molar-refractivity contribution is 5.78. The molecule has 0 saturated heterocycles. The summed E-state index contributed by atoms with van der Waals surface area (Å²) in [6.45, 7) is 0.0121. The van der Waals surface area contributed by atoms with Crippen LogP contribution in [0, 0.1) is 17.8 Å². The van der Waals surface area contributed by atoms with Crippen molar-refractivity contribution >= 4 is 11.8 Å². The molecule has 4 aliphatic rings. The van der Waals surface area contributed by atoms with Gasteiger partial charge in [0.2, 0.25) is 5.91 Å². The Morgan fingerprint density at radius 1 is 1.00 bits per heavy atom. The zero-order valence-corrected chi connectivity index (χ0v) is 14.9. The van der Waals surface area contributed by atoms with Gasteiger partial charge in [0.25, 0.3) is 5.91 Å². The number of hydroxylamine groups is 1. The van der Waals surface area contributed by atoms with Crippen molar-refractivity contribution in [3.05, 3.63) is 29.8 Å². The van der Waals surface area contributed by atoms with Crippen LogP contribution in [0.25, 0.3) is 0 Å². The Hall–Kier alpha value is -2.08. The van der Waals surface area contributed by atoms with Gasteiger partial charge in [0.05, 0.1) is 6.42 Å². The van der Waals surface area contributed by atoms with E-state index < -0.39 is 5.91 Å². The fraction of sp³-hybridized carbons (Fsp3) is 0.600. The Labute approximate surface area is 153 Å². The van der Waals surface area contributed by atoms with Gasteiger partial charge in [-0.3, -0.25) is 14.8 Å². The normalized spacial score (nSPS) is 31.5. The summed E-state index contributed by atoms with van der Waals surface area (Å²) >= 11 is 0. The number of nitrogens with one attached hydrogen (secondary N) is 2. The van der Waals surface area contributed by atoms with Crippen LogP contribution in [-0.4, -0.2) is 29.2 Å². The molecule has 0 aromatic heterocycles. The van der Waals surface area contributed by atoms with Crippen LogP contribution in [0.1, 0.15) is 44.1 Å². The van der Waals surface area contributed by atoms with Gasteiger partial charge >= 0.3 is 0 Å². The predicted octanol–water partition coefficient (Wildman–Crippen LogP) is 2.20. The van der Waals surface area contributed by atoms with E-state index in [1.807, 2.05) is 0 Å². The second-order valence-corrected chi connectivity index (χ2v) is 8.39. The Kier molecular flexibility index (Phi) is 4.61. The van der Waals surface area contributed by atoms with Crippen molar-refractivity contribution in [1.29, 1.82) is 0 Å². The molecule has 1 aromatic rings. The molecule has 6 heteroatoms. The minimum absolute atomic E-state index is 0.0106. The first-order chi connectivity index (χ1) is 12.5.